The first-order valence-corrected chi connectivity index (χ1v) is 11.1. The first-order chi connectivity index (χ1) is 10.3. The average molecular weight is 317 g/mol. The maximum Gasteiger partial charge on any atom is 0.184 e. The van der Waals surface area contributed by atoms with Gasteiger partial charge in [0, 0.05) is 0 Å². The molecule has 2 rings (SSSR count). The van der Waals surface area contributed by atoms with Gasteiger partial charge in [0.2, 0.25) is 0 Å². The smallest absolute Gasteiger partial charge is 0.184 e. The summed E-state index contributed by atoms with van der Waals surface area (Å²) in [4.78, 5) is 0. The Kier molecular flexibility index (Phi) is 7.52. The minimum Gasteiger partial charge on any atom is -0.413 e. The van der Waals surface area contributed by atoms with E-state index in [1.807, 2.05) is 31.2 Å². The van der Waals surface area contributed by atoms with E-state index in [0.717, 1.165) is 12.2 Å². The predicted octanol–water partition coefficient (Wildman–Crippen LogP) is 4.83. The van der Waals surface area contributed by atoms with Crippen molar-refractivity contribution in [2.45, 2.75) is 46.7 Å². The average Bonchev–Trinajstić information content (AvgIpc) is 2.45. The van der Waals surface area contributed by atoms with E-state index in [2.05, 4.69) is 50.8 Å². The first kappa shape index (κ1) is 18.6. The SMILES string of the molecule is Cc1cccc(CO)c1.Cc1cccc(CO[Si](C)(C)C)c1. The number of rotatable bonds is 4. The fourth-order valence-corrected chi connectivity index (χ4v) is 2.51. The van der Waals surface area contributed by atoms with Gasteiger partial charge in [-0.25, -0.2) is 0 Å². The summed E-state index contributed by atoms with van der Waals surface area (Å²) in [7, 11) is -1.36. The Morgan fingerprint density at radius 1 is 0.864 bits per heavy atom. The summed E-state index contributed by atoms with van der Waals surface area (Å²) in [5, 5.41) is 8.66. The maximum absolute atomic E-state index is 8.66. The molecule has 0 aliphatic heterocycles. The summed E-state index contributed by atoms with van der Waals surface area (Å²) in [6.45, 7) is 11.7. The second-order valence-corrected chi connectivity index (χ2v) is 11.1. The third-order valence-electron chi connectivity index (χ3n) is 3.02. The van der Waals surface area contributed by atoms with E-state index < -0.39 is 8.32 Å². The Morgan fingerprint density at radius 3 is 1.77 bits per heavy atom. The monoisotopic (exact) mass is 316 g/mol. The molecule has 0 bridgehead atoms. The largest absolute Gasteiger partial charge is 0.413 e. The van der Waals surface area contributed by atoms with Crippen LogP contribution in [-0.2, 0) is 17.6 Å². The van der Waals surface area contributed by atoms with Gasteiger partial charge in [-0.3, -0.25) is 0 Å². The molecular weight excluding hydrogens is 288 g/mol. The molecule has 2 aromatic carbocycles. The van der Waals surface area contributed by atoms with Crippen molar-refractivity contribution < 1.29 is 9.53 Å². The summed E-state index contributed by atoms with van der Waals surface area (Å²) in [5.74, 6) is 0. The van der Waals surface area contributed by atoms with Gasteiger partial charge >= 0.3 is 0 Å². The Balaban J connectivity index is 0.000000235. The topological polar surface area (TPSA) is 29.5 Å². The van der Waals surface area contributed by atoms with Crippen LogP contribution in [0.1, 0.15) is 22.3 Å². The van der Waals surface area contributed by atoms with Crippen molar-refractivity contribution in [3.05, 3.63) is 70.8 Å². The van der Waals surface area contributed by atoms with E-state index in [9.17, 15) is 0 Å². The highest BCUT2D eigenvalue weighted by Gasteiger charge is 2.13. The van der Waals surface area contributed by atoms with Crippen molar-refractivity contribution in [2.75, 3.05) is 0 Å². The van der Waals surface area contributed by atoms with Crippen molar-refractivity contribution in [2.24, 2.45) is 0 Å². The van der Waals surface area contributed by atoms with Crippen LogP contribution in [0, 0.1) is 13.8 Å². The predicted molar refractivity (Wildman–Crippen MR) is 96.4 cm³/mol. The number of aliphatic hydroxyl groups is 1. The lowest BCUT2D eigenvalue weighted by Gasteiger charge is -2.17. The van der Waals surface area contributed by atoms with Gasteiger partial charge in [-0.1, -0.05) is 59.7 Å². The molecule has 120 valence electrons. The lowest BCUT2D eigenvalue weighted by molar-refractivity contribution is 0.282. The van der Waals surface area contributed by atoms with Crippen LogP contribution in [0.2, 0.25) is 19.6 Å². The Bertz CT molecular complexity index is 574. The molecule has 0 saturated carbocycles. The van der Waals surface area contributed by atoms with Crippen molar-refractivity contribution in [3.8, 4) is 0 Å². The quantitative estimate of drug-likeness (QED) is 0.818. The molecule has 0 saturated heterocycles. The lowest BCUT2D eigenvalue weighted by Crippen LogP contribution is -2.24. The minimum absolute atomic E-state index is 0.141. The molecule has 1 N–H and O–H groups in total. The molecule has 0 unspecified atom stereocenters. The van der Waals surface area contributed by atoms with E-state index in [0.29, 0.717) is 0 Å². The molecular formula is C19H28O2Si. The van der Waals surface area contributed by atoms with Crippen LogP contribution < -0.4 is 0 Å². The molecule has 0 aliphatic rings. The molecule has 2 aromatic rings. The van der Waals surface area contributed by atoms with E-state index in [1.54, 1.807) is 0 Å². The summed E-state index contributed by atoms with van der Waals surface area (Å²) >= 11 is 0. The van der Waals surface area contributed by atoms with Crippen LogP contribution in [0.15, 0.2) is 48.5 Å². The Labute approximate surface area is 135 Å². The van der Waals surface area contributed by atoms with Crippen LogP contribution in [0.3, 0.4) is 0 Å². The van der Waals surface area contributed by atoms with E-state index in [1.165, 1.54) is 16.7 Å². The Hall–Kier alpha value is -1.42. The molecule has 22 heavy (non-hydrogen) atoms. The molecule has 0 aromatic heterocycles. The standard InChI is InChI=1S/C11H18OSi.C8H10O/c1-10-6-5-7-11(8-10)9-12-13(2,3)4;1-7-3-2-4-8(5-7)6-9/h5-8H,9H2,1-4H3;2-5,9H,6H2,1H3. The Morgan fingerprint density at radius 2 is 1.36 bits per heavy atom. The summed E-state index contributed by atoms with van der Waals surface area (Å²) in [6.07, 6.45) is 0. The fourth-order valence-electron chi connectivity index (χ4n) is 1.91. The van der Waals surface area contributed by atoms with Gasteiger partial charge in [0.05, 0.1) is 13.2 Å². The van der Waals surface area contributed by atoms with Gasteiger partial charge in [-0.15, -0.1) is 0 Å². The van der Waals surface area contributed by atoms with Crippen molar-refractivity contribution in [3.63, 3.8) is 0 Å². The molecule has 0 spiro atoms. The first-order valence-electron chi connectivity index (χ1n) is 7.66. The minimum atomic E-state index is -1.36. The van der Waals surface area contributed by atoms with Crippen LogP contribution in [0.4, 0.5) is 0 Å². The number of benzene rings is 2. The zero-order valence-corrected chi connectivity index (χ0v) is 15.4. The molecule has 3 heteroatoms. The highest BCUT2D eigenvalue weighted by Crippen LogP contribution is 2.10. The van der Waals surface area contributed by atoms with Gasteiger partial charge in [-0.05, 0) is 44.6 Å². The van der Waals surface area contributed by atoms with Gasteiger partial charge < -0.3 is 9.53 Å². The van der Waals surface area contributed by atoms with Gasteiger partial charge in [0.1, 0.15) is 0 Å². The summed E-state index contributed by atoms with van der Waals surface area (Å²) in [5.41, 5.74) is 4.76. The number of hydrogen-bond acceptors (Lipinski definition) is 2. The van der Waals surface area contributed by atoms with Crippen LogP contribution in [-0.4, -0.2) is 13.4 Å². The van der Waals surface area contributed by atoms with Gasteiger partial charge in [-0.2, -0.15) is 0 Å². The third kappa shape index (κ3) is 8.13. The van der Waals surface area contributed by atoms with Crippen LogP contribution in [0.25, 0.3) is 0 Å². The maximum atomic E-state index is 8.66. The van der Waals surface area contributed by atoms with Crippen LogP contribution in [0.5, 0.6) is 0 Å². The van der Waals surface area contributed by atoms with E-state index >= 15 is 0 Å². The molecule has 0 amide bonds. The van der Waals surface area contributed by atoms with Crippen molar-refractivity contribution in [1.82, 2.24) is 0 Å². The second kappa shape index (κ2) is 8.88. The van der Waals surface area contributed by atoms with E-state index in [4.69, 9.17) is 9.53 Å². The number of aryl methyl sites for hydroxylation is 2. The van der Waals surface area contributed by atoms with Gasteiger partial charge in [0.15, 0.2) is 8.32 Å². The second-order valence-electron chi connectivity index (χ2n) is 6.54. The molecule has 0 heterocycles. The zero-order chi connectivity index (χ0) is 16.6. The molecule has 2 nitrogen and oxygen atoms in total. The van der Waals surface area contributed by atoms with E-state index in [-0.39, 0.29) is 6.61 Å². The van der Waals surface area contributed by atoms with Crippen molar-refractivity contribution in [1.29, 1.82) is 0 Å². The number of aliphatic hydroxyl groups excluding tert-OH is 1. The van der Waals surface area contributed by atoms with Crippen molar-refractivity contribution >= 4 is 8.32 Å². The summed E-state index contributed by atoms with van der Waals surface area (Å²) in [6, 6.07) is 16.3. The van der Waals surface area contributed by atoms with Crippen LogP contribution >= 0.6 is 0 Å². The normalized spacial score (nSPS) is 10.8. The molecule has 0 fully saturated rings. The molecule has 0 aliphatic carbocycles. The molecule has 0 radical (unpaired) electrons. The van der Waals surface area contributed by atoms with Gasteiger partial charge in [0.25, 0.3) is 0 Å². The highest BCUT2D eigenvalue weighted by atomic mass is 28.4. The number of hydrogen-bond donors (Lipinski definition) is 1. The highest BCUT2D eigenvalue weighted by molar-refractivity contribution is 6.69. The lowest BCUT2D eigenvalue weighted by atomic mass is 10.1. The fraction of sp³-hybridized carbons (Fsp3) is 0.368. The third-order valence-corrected chi connectivity index (χ3v) is 4.03. The summed E-state index contributed by atoms with van der Waals surface area (Å²) < 4.78 is 5.81. The molecule has 0 atom stereocenters. The zero-order valence-electron chi connectivity index (χ0n) is 14.4.